The van der Waals surface area contributed by atoms with Gasteiger partial charge in [-0.3, -0.25) is 24.0 Å². The minimum atomic E-state index is -1.37. The van der Waals surface area contributed by atoms with E-state index in [1.165, 1.54) is 0 Å². The summed E-state index contributed by atoms with van der Waals surface area (Å²) in [4.78, 5) is 77.6. The summed E-state index contributed by atoms with van der Waals surface area (Å²) in [6.07, 6.45) is 7.30. The minimum Gasteiger partial charge on any atom is -0.497 e. The van der Waals surface area contributed by atoms with Crippen molar-refractivity contribution in [2.24, 2.45) is 23.7 Å². The second-order valence-electron chi connectivity index (χ2n) is 11.7. The van der Waals surface area contributed by atoms with Gasteiger partial charge >= 0.3 is 29.8 Å². The van der Waals surface area contributed by atoms with Gasteiger partial charge in [0.05, 0.1) is 35.4 Å². The lowest BCUT2D eigenvalue weighted by molar-refractivity contribution is -0.151. The number of carbonyl (C=O) groups excluding carboxylic acids is 2. The molecule has 0 amide bonds. The first-order valence-corrected chi connectivity index (χ1v) is 16.4. The van der Waals surface area contributed by atoms with Gasteiger partial charge < -0.3 is 34.9 Å². The van der Waals surface area contributed by atoms with Crippen molar-refractivity contribution in [1.29, 1.82) is 0 Å². The molecule has 3 fully saturated rings. The number of esters is 1. The number of fused-ring (bicyclic) bond motifs is 1. The number of hydrogen-bond donors (Lipinski definition) is 5. The molecule has 0 spiro atoms. The van der Waals surface area contributed by atoms with Crippen LogP contribution in [0, 0.1) is 23.7 Å². The van der Waals surface area contributed by atoms with Crippen molar-refractivity contribution in [3.63, 3.8) is 0 Å². The lowest BCUT2D eigenvalue weighted by Gasteiger charge is -2.19. The van der Waals surface area contributed by atoms with E-state index in [9.17, 15) is 33.6 Å². The topological polar surface area (TPSA) is 235 Å². The summed E-state index contributed by atoms with van der Waals surface area (Å²) >= 11 is 16.4. The van der Waals surface area contributed by atoms with Gasteiger partial charge in [-0.05, 0) is 68.7 Å². The highest BCUT2D eigenvalue weighted by molar-refractivity contribution is 6.48. The minimum absolute atomic E-state index is 0.0294. The summed E-state index contributed by atoms with van der Waals surface area (Å²) in [5.74, 6) is -4.07. The van der Waals surface area contributed by atoms with Crippen LogP contribution in [-0.2, 0) is 23.9 Å². The van der Waals surface area contributed by atoms with Crippen molar-refractivity contribution in [2.45, 2.75) is 57.5 Å². The first kappa shape index (κ1) is 40.0. The van der Waals surface area contributed by atoms with E-state index in [0.717, 1.165) is 38.5 Å². The predicted molar refractivity (Wildman–Crippen MR) is 178 cm³/mol. The molecule has 3 aliphatic carbocycles. The monoisotopic (exact) mass is 757 g/mol. The number of halogens is 3. The number of aromatic amines is 1. The van der Waals surface area contributed by atoms with E-state index in [0.29, 0.717) is 16.9 Å². The van der Waals surface area contributed by atoms with Crippen molar-refractivity contribution < 1.29 is 58.7 Å². The zero-order chi connectivity index (χ0) is 37.3. The first-order valence-electron chi connectivity index (χ1n) is 15.3. The lowest BCUT2D eigenvalue weighted by atomic mass is 9.80. The van der Waals surface area contributed by atoms with Crippen LogP contribution < -0.4 is 10.3 Å². The van der Waals surface area contributed by atoms with Gasteiger partial charge in [0.25, 0.3) is 5.56 Å². The summed E-state index contributed by atoms with van der Waals surface area (Å²) in [7, 11) is 1.54. The molecule has 17 heteroatoms. The number of rotatable bonds is 8. The van der Waals surface area contributed by atoms with Gasteiger partial charge in [0.15, 0.2) is 5.78 Å². The number of aliphatic carboxylic acids is 3. The third-order valence-corrected chi connectivity index (χ3v) is 9.88. The van der Waals surface area contributed by atoms with Crippen LogP contribution in [0.4, 0.5) is 0 Å². The third-order valence-electron chi connectivity index (χ3n) is 8.57. The molecular weight excluding hydrogens is 725 g/mol. The molecular formula is C33H34Cl3NO13. The Morgan fingerprint density at radius 1 is 0.880 bits per heavy atom. The number of ketones is 1. The van der Waals surface area contributed by atoms with Gasteiger partial charge in [-0.2, -0.15) is 0 Å². The highest BCUT2D eigenvalue weighted by atomic mass is 35.5. The van der Waals surface area contributed by atoms with E-state index >= 15 is 0 Å². The number of benzene rings is 1. The number of pyridine rings is 1. The molecule has 2 aromatic rings. The lowest BCUT2D eigenvalue weighted by Crippen LogP contribution is -2.31. The van der Waals surface area contributed by atoms with Crippen LogP contribution in [0.25, 0.3) is 0 Å². The van der Waals surface area contributed by atoms with Crippen molar-refractivity contribution in [3.05, 3.63) is 72.6 Å². The predicted octanol–water partition coefficient (Wildman–Crippen LogP) is 5.62. The standard InChI is InChI=1S/C11H12O4.C9H10O4.C7H10O2.C6H2Cl3NO3/c1-15-9-4-2-8(3-5-9)10(12)6-7-11(13)14;10-8(11)6-3-1-4-5(2-3)13-9(12)7(4)6;8-7(9)6-4-2-1-3-5-6;7-1-2(8)4(6(12)13)10-5(11)3(1)9/h2-5H,6-7H2,1H3,(H,13,14);3-7H,1-2H2,(H,10,11);4H,1-3,5H2,(H,8,9);(H,10,11)(H,12,13). The number of nitrogens with one attached hydrogen (secondary N) is 1. The molecule has 0 radical (unpaired) electrons. The zero-order valence-electron chi connectivity index (χ0n) is 26.5. The molecule has 1 aromatic carbocycles. The van der Waals surface area contributed by atoms with E-state index in [1.807, 2.05) is 11.1 Å². The number of Topliss-reactive ketones (excluding diaryl/α,β-unsaturated/α-hetero) is 1. The van der Waals surface area contributed by atoms with Crippen molar-refractivity contribution in [2.75, 3.05) is 7.11 Å². The fourth-order valence-electron chi connectivity index (χ4n) is 6.19. The molecule has 270 valence electrons. The third kappa shape index (κ3) is 10.1. The quantitative estimate of drug-likeness (QED) is 0.163. The number of carboxylic acid groups (broad SMARTS) is 4. The van der Waals surface area contributed by atoms with Gasteiger partial charge in [-0.25, -0.2) is 9.59 Å². The van der Waals surface area contributed by atoms with Crippen LogP contribution >= 0.6 is 34.8 Å². The van der Waals surface area contributed by atoms with Gasteiger partial charge in [0, 0.05) is 23.5 Å². The normalized spacial score (nSPS) is 22.2. The number of ether oxygens (including phenoxy) is 2. The molecule has 1 aromatic heterocycles. The summed E-state index contributed by atoms with van der Waals surface area (Å²) in [6.45, 7) is 0. The molecule has 5 N–H and O–H groups in total. The molecule has 2 saturated carbocycles. The van der Waals surface area contributed by atoms with Gasteiger partial charge in [-0.1, -0.05) is 40.9 Å². The van der Waals surface area contributed by atoms with Gasteiger partial charge in [-0.15, -0.1) is 0 Å². The summed E-state index contributed by atoms with van der Waals surface area (Å²) in [5.41, 5.74) is -0.146. The van der Waals surface area contributed by atoms with E-state index < -0.39 is 41.0 Å². The second-order valence-corrected chi connectivity index (χ2v) is 12.8. The second kappa shape index (κ2) is 18.0. The highest BCUT2D eigenvalue weighted by Gasteiger charge is 2.64. The Morgan fingerprint density at radius 2 is 1.54 bits per heavy atom. The number of H-pyrrole nitrogens is 1. The summed E-state index contributed by atoms with van der Waals surface area (Å²) in [5, 5.41) is 33.5. The molecule has 2 heterocycles. The number of methoxy groups -OCH3 is 1. The Hall–Kier alpha value is -4.40. The maximum Gasteiger partial charge on any atom is 0.354 e. The van der Waals surface area contributed by atoms with Crippen molar-refractivity contribution in [3.8, 4) is 5.75 Å². The maximum absolute atomic E-state index is 11.4. The largest absolute Gasteiger partial charge is 0.497 e. The van der Waals surface area contributed by atoms with Crippen molar-refractivity contribution in [1.82, 2.24) is 4.98 Å². The first-order chi connectivity index (χ1) is 23.6. The average molecular weight is 759 g/mol. The Morgan fingerprint density at radius 3 is 2.04 bits per heavy atom. The summed E-state index contributed by atoms with van der Waals surface area (Å²) in [6, 6.07) is 6.61. The molecule has 14 nitrogen and oxygen atoms in total. The number of hydrogen-bond acceptors (Lipinski definition) is 9. The van der Waals surface area contributed by atoms with Crippen molar-refractivity contribution >= 4 is 70.4 Å². The molecule has 4 aliphatic rings. The number of aromatic nitrogens is 1. The van der Waals surface area contributed by atoms with E-state index in [1.54, 1.807) is 31.4 Å². The molecule has 50 heavy (non-hydrogen) atoms. The molecule has 5 atom stereocenters. The number of carboxylic acids is 4. The average Bonchev–Trinajstić information content (AvgIpc) is 3.73. The van der Waals surface area contributed by atoms with E-state index in [2.05, 4.69) is 0 Å². The van der Waals surface area contributed by atoms with Crippen LogP contribution in [0.15, 0.2) is 40.7 Å². The van der Waals surface area contributed by atoms with E-state index in [4.69, 9.17) is 64.7 Å². The molecule has 6 rings (SSSR count). The summed E-state index contributed by atoms with van der Waals surface area (Å²) < 4.78 is 10.1. The van der Waals surface area contributed by atoms with Gasteiger partial charge in [0.1, 0.15) is 22.6 Å². The van der Waals surface area contributed by atoms with Crippen LogP contribution in [0.3, 0.4) is 0 Å². The van der Waals surface area contributed by atoms with Crippen LogP contribution in [-0.4, -0.2) is 74.3 Å². The number of allylic oxidation sites excluding steroid dienone is 1. The fourth-order valence-corrected chi connectivity index (χ4v) is 6.78. The molecule has 2 bridgehead atoms. The Bertz CT molecular complexity index is 1720. The number of aromatic carboxylic acids is 1. The molecule has 1 saturated heterocycles. The molecule has 1 aliphatic heterocycles. The van der Waals surface area contributed by atoms with Crippen LogP contribution in [0.5, 0.6) is 5.75 Å². The zero-order valence-corrected chi connectivity index (χ0v) is 28.8. The van der Waals surface area contributed by atoms with Crippen LogP contribution in [0.1, 0.15) is 72.2 Å². The Balaban J connectivity index is 0.000000183. The van der Waals surface area contributed by atoms with Crippen LogP contribution in [0.2, 0.25) is 15.1 Å². The fraction of sp³-hybridized carbons (Fsp3) is 0.424. The molecule has 5 unspecified atom stereocenters. The van der Waals surface area contributed by atoms with E-state index in [-0.39, 0.29) is 63.5 Å². The smallest absolute Gasteiger partial charge is 0.354 e. The Labute approximate surface area is 299 Å². The number of carbonyl (C=O) groups is 6. The van der Waals surface area contributed by atoms with Gasteiger partial charge in [0.2, 0.25) is 0 Å². The highest BCUT2D eigenvalue weighted by Crippen LogP contribution is 2.57. The maximum atomic E-state index is 11.4. The Kier molecular flexibility index (Phi) is 14.4. The SMILES string of the molecule is COc1ccc(C(=O)CCC(=O)O)cc1.O=C(O)C1=CCCCC1.O=C(O)C1C2CC3OC(=O)C1C3C2.O=C(O)c1[nH]c(=O)c(Cl)c(Cl)c1Cl.